The molecule has 2 unspecified atom stereocenters. The number of nitrogens with zero attached hydrogens (tertiary/aromatic N) is 1. The summed E-state index contributed by atoms with van der Waals surface area (Å²) in [5.41, 5.74) is 5.72. The highest BCUT2D eigenvalue weighted by atomic mass is 16.1. The highest BCUT2D eigenvalue weighted by molar-refractivity contribution is 4.87. The Bertz CT molecular complexity index is 341. The van der Waals surface area contributed by atoms with E-state index in [0.29, 0.717) is 18.5 Å². The summed E-state index contributed by atoms with van der Waals surface area (Å²) in [6, 6.07) is 0.312. The highest BCUT2D eigenvalue weighted by Crippen LogP contribution is 2.31. The van der Waals surface area contributed by atoms with Gasteiger partial charge in [0.25, 0.3) is 0 Å². The Morgan fingerprint density at radius 2 is 2.29 bits per heavy atom. The van der Waals surface area contributed by atoms with Gasteiger partial charge in [-0.25, -0.2) is 4.79 Å². The number of hydrogen-bond acceptors (Lipinski definition) is 2. The van der Waals surface area contributed by atoms with Gasteiger partial charge in [0, 0.05) is 18.4 Å². The third-order valence-electron chi connectivity index (χ3n) is 3.21. The summed E-state index contributed by atoms with van der Waals surface area (Å²) in [6.07, 6.45) is 8.22. The predicted octanol–water partition coefficient (Wildman–Crippen LogP) is 0.866. The maximum Gasteiger partial charge on any atom is 0.325 e. The van der Waals surface area contributed by atoms with Crippen LogP contribution in [0.15, 0.2) is 17.2 Å². The highest BCUT2D eigenvalue weighted by Gasteiger charge is 2.25. The van der Waals surface area contributed by atoms with E-state index in [1.807, 2.05) is 6.20 Å². The fourth-order valence-corrected chi connectivity index (χ4v) is 2.42. The Labute approximate surface area is 83.1 Å². The first-order valence-electron chi connectivity index (χ1n) is 5.28. The minimum atomic E-state index is -0.00431. The van der Waals surface area contributed by atoms with Gasteiger partial charge in [-0.2, -0.15) is 0 Å². The third-order valence-corrected chi connectivity index (χ3v) is 3.21. The molecule has 4 nitrogen and oxygen atoms in total. The van der Waals surface area contributed by atoms with Crippen LogP contribution in [0.4, 0.5) is 0 Å². The van der Waals surface area contributed by atoms with Crippen molar-refractivity contribution in [3.8, 4) is 0 Å². The SMILES string of the molecule is NCC1CCCCC1n1cc[nH]c1=O. The first-order valence-corrected chi connectivity index (χ1v) is 5.28. The van der Waals surface area contributed by atoms with E-state index in [2.05, 4.69) is 4.98 Å². The second-order valence-electron chi connectivity index (χ2n) is 4.02. The van der Waals surface area contributed by atoms with Crippen molar-refractivity contribution in [2.45, 2.75) is 31.7 Å². The fourth-order valence-electron chi connectivity index (χ4n) is 2.42. The molecule has 0 bridgehead atoms. The van der Waals surface area contributed by atoms with Gasteiger partial charge >= 0.3 is 5.69 Å². The molecule has 78 valence electrons. The zero-order valence-corrected chi connectivity index (χ0v) is 8.28. The number of rotatable bonds is 2. The molecule has 1 fully saturated rings. The van der Waals surface area contributed by atoms with E-state index >= 15 is 0 Å². The maximum absolute atomic E-state index is 11.4. The van der Waals surface area contributed by atoms with E-state index in [-0.39, 0.29) is 5.69 Å². The third kappa shape index (κ3) is 1.62. The minimum absolute atomic E-state index is 0.00431. The Morgan fingerprint density at radius 1 is 1.50 bits per heavy atom. The molecule has 0 saturated heterocycles. The summed E-state index contributed by atoms with van der Waals surface area (Å²) in [5, 5.41) is 0. The molecule has 1 saturated carbocycles. The molecule has 4 heteroatoms. The summed E-state index contributed by atoms with van der Waals surface area (Å²) in [4.78, 5) is 14.1. The van der Waals surface area contributed by atoms with Crippen LogP contribution in [0.3, 0.4) is 0 Å². The monoisotopic (exact) mass is 195 g/mol. The molecular formula is C10H17N3O. The standard InChI is InChI=1S/C10H17N3O/c11-7-8-3-1-2-4-9(8)13-6-5-12-10(13)14/h5-6,8-9H,1-4,7,11H2,(H,12,14). The summed E-state index contributed by atoms with van der Waals surface area (Å²) < 4.78 is 1.80. The van der Waals surface area contributed by atoms with E-state index in [0.717, 1.165) is 12.8 Å². The Balaban J connectivity index is 2.23. The fraction of sp³-hybridized carbons (Fsp3) is 0.700. The summed E-state index contributed by atoms with van der Waals surface area (Å²) in [6.45, 7) is 0.683. The van der Waals surface area contributed by atoms with Crippen LogP contribution >= 0.6 is 0 Å². The van der Waals surface area contributed by atoms with Gasteiger partial charge in [-0.15, -0.1) is 0 Å². The molecule has 0 amide bonds. The van der Waals surface area contributed by atoms with Gasteiger partial charge in [0.05, 0.1) is 0 Å². The topological polar surface area (TPSA) is 63.8 Å². The van der Waals surface area contributed by atoms with E-state index in [1.54, 1.807) is 10.8 Å². The number of aromatic amines is 1. The smallest absolute Gasteiger partial charge is 0.325 e. The molecule has 0 aliphatic heterocycles. The molecule has 14 heavy (non-hydrogen) atoms. The van der Waals surface area contributed by atoms with Crippen LogP contribution in [0.2, 0.25) is 0 Å². The van der Waals surface area contributed by atoms with Crippen LogP contribution in [0.5, 0.6) is 0 Å². The lowest BCUT2D eigenvalue weighted by atomic mass is 9.84. The Kier molecular flexibility index (Phi) is 2.72. The lowest BCUT2D eigenvalue weighted by Gasteiger charge is -2.30. The van der Waals surface area contributed by atoms with Gasteiger partial charge in [-0.3, -0.25) is 4.57 Å². The van der Waals surface area contributed by atoms with E-state index < -0.39 is 0 Å². The van der Waals surface area contributed by atoms with E-state index in [9.17, 15) is 4.79 Å². The first kappa shape index (κ1) is 9.52. The van der Waals surface area contributed by atoms with Gasteiger partial charge in [0.1, 0.15) is 0 Å². The van der Waals surface area contributed by atoms with Crippen molar-refractivity contribution in [2.24, 2.45) is 11.7 Å². The molecular weight excluding hydrogens is 178 g/mol. The average Bonchev–Trinajstić information content (AvgIpc) is 2.64. The number of nitrogens with two attached hydrogens (primary N) is 1. The largest absolute Gasteiger partial charge is 0.330 e. The van der Waals surface area contributed by atoms with Gasteiger partial charge in [0.2, 0.25) is 0 Å². The van der Waals surface area contributed by atoms with Crippen LogP contribution in [0.1, 0.15) is 31.7 Å². The lowest BCUT2D eigenvalue weighted by Crippen LogP contribution is -2.33. The van der Waals surface area contributed by atoms with Gasteiger partial charge in [-0.05, 0) is 25.3 Å². The molecule has 1 aromatic rings. The molecule has 1 aliphatic rings. The van der Waals surface area contributed by atoms with Crippen LogP contribution in [-0.4, -0.2) is 16.1 Å². The van der Waals surface area contributed by atoms with Crippen LogP contribution in [0.25, 0.3) is 0 Å². The minimum Gasteiger partial charge on any atom is -0.330 e. The Morgan fingerprint density at radius 3 is 2.93 bits per heavy atom. The summed E-state index contributed by atoms with van der Waals surface area (Å²) in [7, 11) is 0. The van der Waals surface area contributed by atoms with Crippen molar-refractivity contribution in [1.29, 1.82) is 0 Å². The number of aromatic nitrogens is 2. The van der Waals surface area contributed by atoms with Crippen molar-refractivity contribution in [3.63, 3.8) is 0 Å². The maximum atomic E-state index is 11.4. The van der Waals surface area contributed by atoms with Gasteiger partial charge < -0.3 is 10.7 Å². The van der Waals surface area contributed by atoms with E-state index in [4.69, 9.17) is 5.73 Å². The Hall–Kier alpha value is -1.03. The molecule has 0 aromatic carbocycles. The van der Waals surface area contributed by atoms with Crippen LogP contribution < -0.4 is 11.4 Å². The molecule has 0 spiro atoms. The number of H-pyrrole nitrogens is 1. The molecule has 1 heterocycles. The van der Waals surface area contributed by atoms with Crippen molar-refractivity contribution < 1.29 is 0 Å². The lowest BCUT2D eigenvalue weighted by molar-refractivity contribution is 0.241. The molecule has 0 radical (unpaired) electrons. The zero-order valence-electron chi connectivity index (χ0n) is 8.28. The quantitative estimate of drug-likeness (QED) is 0.735. The molecule has 2 rings (SSSR count). The average molecular weight is 195 g/mol. The number of nitrogens with one attached hydrogen (secondary N) is 1. The second kappa shape index (κ2) is 4.00. The van der Waals surface area contributed by atoms with Crippen molar-refractivity contribution in [1.82, 2.24) is 9.55 Å². The second-order valence-corrected chi connectivity index (χ2v) is 4.02. The van der Waals surface area contributed by atoms with Gasteiger partial charge in [0.15, 0.2) is 0 Å². The molecule has 2 atom stereocenters. The van der Waals surface area contributed by atoms with Crippen LogP contribution in [0, 0.1) is 5.92 Å². The summed E-state index contributed by atoms with van der Waals surface area (Å²) >= 11 is 0. The molecule has 3 N–H and O–H groups in total. The van der Waals surface area contributed by atoms with Crippen LogP contribution in [-0.2, 0) is 0 Å². The predicted molar refractivity (Wildman–Crippen MR) is 55.1 cm³/mol. The number of imidazole rings is 1. The van der Waals surface area contributed by atoms with Gasteiger partial charge in [-0.1, -0.05) is 12.8 Å². The molecule has 1 aromatic heterocycles. The van der Waals surface area contributed by atoms with Crippen molar-refractivity contribution in [3.05, 3.63) is 22.9 Å². The summed E-state index contributed by atoms with van der Waals surface area (Å²) in [5.74, 6) is 0.470. The zero-order chi connectivity index (χ0) is 9.97. The van der Waals surface area contributed by atoms with E-state index in [1.165, 1.54) is 12.8 Å². The molecule has 1 aliphatic carbocycles. The van der Waals surface area contributed by atoms with Crippen molar-refractivity contribution >= 4 is 0 Å². The number of hydrogen-bond donors (Lipinski definition) is 2. The van der Waals surface area contributed by atoms with Crippen molar-refractivity contribution in [2.75, 3.05) is 6.54 Å². The first-order chi connectivity index (χ1) is 6.83. The normalized spacial score (nSPS) is 27.8.